The highest BCUT2D eigenvalue weighted by Gasteiger charge is 2.14. The molecule has 5 rings (SSSR count). The maximum atomic E-state index is 12.7. The number of halogens is 2. The third-order valence-electron chi connectivity index (χ3n) is 6.08. The normalized spacial score (nSPS) is 10.8. The van der Waals surface area contributed by atoms with E-state index in [0.29, 0.717) is 37.8 Å². The number of benzene rings is 4. The summed E-state index contributed by atoms with van der Waals surface area (Å²) in [5.41, 5.74) is 6.88. The summed E-state index contributed by atoms with van der Waals surface area (Å²) in [6.45, 7) is -0.242. The second-order valence-electron chi connectivity index (χ2n) is 9.18. The van der Waals surface area contributed by atoms with E-state index >= 15 is 0 Å². The molecule has 0 spiro atoms. The van der Waals surface area contributed by atoms with E-state index in [-0.39, 0.29) is 18.4 Å². The molecule has 0 aliphatic carbocycles. The number of thiazole rings is 1. The van der Waals surface area contributed by atoms with Gasteiger partial charge in [0.05, 0.1) is 23.5 Å². The lowest BCUT2D eigenvalue weighted by Gasteiger charge is -2.13. The summed E-state index contributed by atoms with van der Waals surface area (Å²) in [7, 11) is 1.49. The SMILES string of the molecule is COc1cc(/C=N/NC(=O)c2ccc(-c3csc(Nc4ccccc4)n3)cc2)cc(Br)c1OCC(=O)Nc1ccc(Cl)cc1. The van der Waals surface area contributed by atoms with Gasteiger partial charge in [-0.1, -0.05) is 41.9 Å². The molecule has 0 aliphatic rings. The van der Waals surface area contributed by atoms with E-state index in [4.69, 9.17) is 21.1 Å². The summed E-state index contributed by atoms with van der Waals surface area (Å²) >= 11 is 10.8. The number of nitrogens with one attached hydrogen (secondary N) is 3. The Morgan fingerprint density at radius 2 is 1.75 bits per heavy atom. The smallest absolute Gasteiger partial charge is 0.271 e. The fourth-order valence-corrected chi connectivity index (χ4v) is 5.39. The van der Waals surface area contributed by atoms with Crippen LogP contribution in [0.15, 0.2) is 106 Å². The third kappa shape index (κ3) is 8.22. The maximum Gasteiger partial charge on any atom is 0.271 e. The first-order valence-electron chi connectivity index (χ1n) is 13.1. The summed E-state index contributed by atoms with van der Waals surface area (Å²) in [6.07, 6.45) is 1.48. The zero-order valence-electron chi connectivity index (χ0n) is 23.2. The van der Waals surface area contributed by atoms with Crippen LogP contribution in [0.25, 0.3) is 11.3 Å². The molecule has 0 unspecified atom stereocenters. The van der Waals surface area contributed by atoms with E-state index in [1.165, 1.54) is 24.7 Å². The van der Waals surface area contributed by atoms with Gasteiger partial charge in [0.2, 0.25) is 0 Å². The molecule has 5 aromatic rings. The average molecular weight is 691 g/mol. The first kappa shape index (κ1) is 30.7. The van der Waals surface area contributed by atoms with Crippen molar-refractivity contribution in [1.82, 2.24) is 10.4 Å². The van der Waals surface area contributed by atoms with Crippen LogP contribution < -0.4 is 25.5 Å². The number of hydrogen-bond acceptors (Lipinski definition) is 8. The van der Waals surface area contributed by atoms with Crippen molar-refractivity contribution >= 4 is 73.4 Å². The van der Waals surface area contributed by atoms with E-state index in [1.54, 1.807) is 48.5 Å². The number of aromatic nitrogens is 1. The molecular formula is C32H25BrClN5O4S. The number of para-hydroxylation sites is 1. The predicted octanol–water partition coefficient (Wildman–Crippen LogP) is 7.76. The number of hydrogen-bond donors (Lipinski definition) is 3. The van der Waals surface area contributed by atoms with E-state index in [2.05, 4.69) is 42.1 Å². The second kappa shape index (κ2) is 14.6. The number of ether oxygens (including phenoxy) is 2. The number of carbonyl (C=O) groups is 2. The Hall–Kier alpha value is -4.71. The van der Waals surface area contributed by atoms with Gasteiger partial charge >= 0.3 is 0 Å². The Labute approximate surface area is 271 Å². The fourth-order valence-electron chi connectivity index (χ4n) is 3.95. The van der Waals surface area contributed by atoms with Crippen LogP contribution in [0.3, 0.4) is 0 Å². The van der Waals surface area contributed by atoms with Gasteiger partial charge in [0.15, 0.2) is 23.2 Å². The van der Waals surface area contributed by atoms with Gasteiger partial charge in [0.25, 0.3) is 11.8 Å². The van der Waals surface area contributed by atoms with Crippen LogP contribution in [0, 0.1) is 0 Å². The highest BCUT2D eigenvalue weighted by molar-refractivity contribution is 9.10. The van der Waals surface area contributed by atoms with Gasteiger partial charge < -0.3 is 20.1 Å². The van der Waals surface area contributed by atoms with Crippen molar-refractivity contribution in [3.8, 4) is 22.8 Å². The van der Waals surface area contributed by atoms with E-state index in [1.807, 2.05) is 47.8 Å². The Kier molecular flexibility index (Phi) is 10.2. The molecule has 44 heavy (non-hydrogen) atoms. The molecule has 9 nitrogen and oxygen atoms in total. The van der Waals surface area contributed by atoms with Gasteiger partial charge in [-0.3, -0.25) is 9.59 Å². The van der Waals surface area contributed by atoms with Crippen molar-refractivity contribution in [3.05, 3.63) is 117 Å². The van der Waals surface area contributed by atoms with Crippen molar-refractivity contribution < 1.29 is 19.1 Å². The number of amides is 2. The monoisotopic (exact) mass is 689 g/mol. The molecule has 0 fully saturated rings. The molecule has 12 heteroatoms. The Morgan fingerprint density at radius 3 is 2.48 bits per heavy atom. The Bertz CT molecular complexity index is 1780. The van der Waals surface area contributed by atoms with E-state index in [0.717, 1.165) is 22.1 Å². The Balaban J connectivity index is 1.15. The molecule has 2 amide bonds. The van der Waals surface area contributed by atoms with Gasteiger partial charge in [-0.25, -0.2) is 10.4 Å². The summed E-state index contributed by atoms with van der Waals surface area (Å²) < 4.78 is 11.7. The van der Waals surface area contributed by atoms with E-state index in [9.17, 15) is 9.59 Å². The fraction of sp³-hybridized carbons (Fsp3) is 0.0625. The topological polar surface area (TPSA) is 114 Å². The lowest BCUT2D eigenvalue weighted by atomic mass is 10.1. The van der Waals surface area contributed by atoms with Gasteiger partial charge in [-0.2, -0.15) is 5.10 Å². The van der Waals surface area contributed by atoms with Crippen molar-refractivity contribution in [1.29, 1.82) is 0 Å². The summed E-state index contributed by atoms with van der Waals surface area (Å²) in [5.74, 6) is 0.0172. The van der Waals surface area contributed by atoms with Crippen LogP contribution in [0.5, 0.6) is 11.5 Å². The molecule has 4 aromatic carbocycles. The van der Waals surface area contributed by atoms with Gasteiger partial charge in [0, 0.05) is 32.9 Å². The largest absolute Gasteiger partial charge is 0.493 e. The molecule has 0 saturated heterocycles. The van der Waals surface area contributed by atoms with Crippen LogP contribution in [-0.4, -0.2) is 36.7 Å². The number of methoxy groups -OCH3 is 1. The van der Waals surface area contributed by atoms with Crippen LogP contribution in [0.4, 0.5) is 16.5 Å². The molecule has 1 heterocycles. The average Bonchev–Trinajstić information content (AvgIpc) is 3.50. The number of hydrazone groups is 1. The highest BCUT2D eigenvalue weighted by atomic mass is 79.9. The van der Waals surface area contributed by atoms with Gasteiger partial charge in [0.1, 0.15) is 0 Å². The first-order chi connectivity index (χ1) is 21.4. The zero-order chi connectivity index (χ0) is 30.9. The summed E-state index contributed by atoms with van der Waals surface area (Å²) in [5, 5.41) is 13.4. The molecule has 3 N–H and O–H groups in total. The van der Waals surface area contributed by atoms with Gasteiger partial charge in [-0.05, 0) is 82.2 Å². The first-order valence-corrected chi connectivity index (χ1v) is 15.2. The summed E-state index contributed by atoms with van der Waals surface area (Å²) in [6, 6.07) is 27.1. The predicted molar refractivity (Wildman–Crippen MR) is 179 cm³/mol. The molecular weight excluding hydrogens is 666 g/mol. The van der Waals surface area contributed by atoms with Crippen molar-refractivity contribution in [2.24, 2.45) is 5.10 Å². The highest BCUT2D eigenvalue weighted by Crippen LogP contribution is 2.36. The standard InChI is InChI=1S/C32H25BrClN5O4S/c1-42-28-16-20(15-26(33)30(28)43-18-29(40)36-25-13-11-23(34)12-14-25)17-35-39-31(41)22-9-7-21(8-10-22)27-19-44-32(38-27)37-24-5-3-2-4-6-24/h2-17,19H,18H2,1H3,(H,36,40)(H,37,38)(H,39,41)/b35-17+. The van der Waals surface area contributed by atoms with Crippen LogP contribution >= 0.6 is 38.9 Å². The minimum atomic E-state index is -0.366. The van der Waals surface area contributed by atoms with Crippen LogP contribution in [-0.2, 0) is 4.79 Å². The number of anilines is 3. The maximum absolute atomic E-state index is 12.7. The quantitative estimate of drug-likeness (QED) is 0.0965. The number of nitrogens with zero attached hydrogens (tertiary/aromatic N) is 2. The number of rotatable bonds is 11. The third-order valence-corrected chi connectivity index (χ3v) is 7.68. The minimum absolute atomic E-state index is 0.242. The molecule has 0 saturated carbocycles. The molecule has 0 bridgehead atoms. The molecule has 0 atom stereocenters. The minimum Gasteiger partial charge on any atom is -0.493 e. The Morgan fingerprint density at radius 1 is 1.00 bits per heavy atom. The molecule has 222 valence electrons. The second-order valence-corrected chi connectivity index (χ2v) is 11.3. The van der Waals surface area contributed by atoms with Crippen molar-refractivity contribution in [3.63, 3.8) is 0 Å². The van der Waals surface area contributed by atoms with Gasteiger partial charge in [-0.15, -0.1) is 11.3 Å². The summed E-state index contributed by atoms with van der Waals surface area (Å²) in [4.78, 5) is 29.7. The lowest BCUT2D eigenvalue weighted by Crippen LogP contribution is -2.20. The molecule has 0 aliphatic heterocycles. The van der Waals surface area contributed by atoms with Crippen molar-refractivity contribution in [2.45, 2.75) is 0 Å². The van der Waals surface area contributed by atoms with E-state index < -0.39 is 0 Å². The molecule has 0 radical (unpaired) electrons. The number of carbonyl (C=O) groups excluding carboxylic acids is 2. The van der Waals surface area contributed by atoms with Crippen LogP contribution in [0.2, 0.25) is 5.02 Å². The zero-order valence-corrected chi connectivity index (χ0v) is 26.4. The lowest BCUT2D eigenvalue weighted by molar-refractivity contribution is -0.118. The van der Waals surface area contributed by atoms with Crippen molar-refractivity contribution in [2.75, 3.05) is 24.4 Å². The molecule has 1 aromatic heterocycles. The van der Waals surface area contributed by atoms with Crippen LogP contribution in [0.1, 0.15) is 15.9 Å².